The first kappa shape index (κ1) is 14.9. The Morgan fingerprint density at radius 1 is 1.30 bits per heavy atom. The van der Waals surface area contributed by atoms with E-state index in [0.29, 0.717) is 5.25 Å². The fourth-order valence-electron chi connectivity index (χ4n) is 1.89. The van der Waals surface area contributed by atoms with Crippen molar-refractivity contribution in [3.05, 3.63) is 54.4 Å². The monoisotopic (exact) mass is 287 g/mol. The molecular formula is C16H21N3S. The molecule has 0 radical (unpaired) electrons. The van der Waals surface area contributed by atoms with Gasteiger partial charge in [-0.2, -0.15) is 0 Å². The lowest BCUT2D eigenvalue weighted by Crippen LogP contribution is -2.06. The van der Waals surface area contributed by atoms with Crippen molar-refractivity contribution in [3.8, 4) is 0 Å². The lowest BCUT2D eigenvalue weighted by molar-refractivity contribution is 0.688. The molecule has 1 unspecified atom stereocenters. The SMILES string of the molecule is C=CCn1c(Cc2ccccc2)nnc1SC(C)CC. The average molecular weight is 287 g/mol. The second kappa shape index (κ2) is 7.29. The first-order valence-electron chi connectivity index (χ1n) is 6.98. The molecule has 1 aromatic carbocycles. The van der Waals surface area contributed by atoms with E-state index in [1.54, 1.807) is 11.8 Å². The van der Waals surface area contributed by atoms with E-state index in [-0.39, 0.29) is 0 Å². The summed E-state index contributed by atoms with van der Waals surface area (Å²) >= 11 is 1.78. The van der Waals surface area contributed by atoms with Crippen molar-refractivity contribution < 1.29 is 0 Å². The van der Waals surface area contributed by atoms with Gasteiger partial charge in [-0.1, -0.05) is 62.0 Å². The Labute approximate surface area is 125 Å². The number of aromatic nitrogens is 3. The van der Waals surface area contributed by atoms with Crippen molar-refractivity contribution in [1.29, 1.82) is 0 Å². The van der Waals surface area contributed by atoms with E-state index in [0.717, 1.165) is 30.4 Å². The molecule has 0 saturated heterocycles. The highest BCUT2D eigenvalue weighted by Crippen LogP contribution is 2.24. The van der Waals surface area contributed by atoms with Crippen LogP contribution in [0.2, 0.25) is 0 Å². The third-order valence-electron chi connectivity index (χ3n) is 3.19. The predicted octanol–water partition coefficient (Wildman–Crippen LogP) is 3.95. The van der Waals surface area contributed by atoms with E-state index in [2.05, 4.69) is 59.5 Å². The molecule has 0 amide bonds. The molecule has 0 fully saturated rings. The zero-order valence-electron chi connectivity index (χ0n) is 12.1. The number of rotatable bonds is 7. The minimum atomic E-state index is 0.548. The Morgan fingerprint density at radius 2 is 2.05 bits per heavy atom. The minimum absolute atomic E-state index is 0.548. The second-order valence-electron chi connectivity index (χ2n) is 4.80. The molecular weight excluding hydrogens is 266 g/mol. The highest BCUT2D eigenvalue weighted by molar-refractivity contribution is 7.99. The van der Waals surface area contributed by atoms with E-state index in [1.165, 1.54) is 5.56 Å². The summed E-state index contributed by atoms with van der Waals surface area (Å²) in [5.41, 5.74) is 1.25. The number of allylic oxidation sites excluding steroid dienone is 1. The lowest BCUT2D eigenvalue weighted by Gasteiger charge is -2.10. The van der Waals surface area contributed by atoms with Gasteiger partial charge in [0, 0.05) is 18.2 Å². The Hall–Kier alpha value is -1.55. The summed E-state index contributed by atoms with van der Waals surface area (Å²) in [6, 6.07) is 10.4. The molecule has 0 saturated carbocycles. The Morgan fingerprint density at radius 3 is 2.70 bits per heavy atom. The van der Waals surface area contributed by atoms with E-state index < -0.39 is 0 Å². The Balaban J connectivity index is 2.22. The van der Waals surface area contributed by atoms with E-state index in [1.807, 2.05) is 12.1 Å². The maximum absolute atomic E-state index is 4.36. The summed E-state index contributed by atoms with van der Waals surface area (Å²) in [6.07, 6.45) is 3.83. The van der Waals surface area contributed by atoms with Gasteiger partial charge in [-0.3, -0.25) is 0 Å². The van der Waals surface area contributed by atoms with E-state index in [9.17, 15) is 0 Å². The molecule has 2 rings (SSSR count). The molecule has 4 heteroatoms. The molecule has 3 nitrogen and oxygen atoms in total. The van der Waals surface area contributed by atoms with E-state index >= 15 is 0 Å². The quantitative estimate of drug-likeness (QED) is 0.571. The normalized spacial score (nSPS) is 12.3. The molecule has 0 spiro atoms. The van der Waals surface area contributed by atoms with Crippen LogP contribution in [-0.4, -0.2) is 20.0 Å². The fourth-order valence-corrected chi connectivity index (χ4v) is 2.81. The molecule has 2 aromatic rings. The largest absolute Gasteiger partial charge is 0.302 e. The molecule has 1 atom stereocenters. The van der Waals surface area contributed by atoms with Crippen molar-refractivity contribution in [2.24, 2.45) is 0 Å². The minimum Gasteiger partial charge on any atom is -0.302 e. The summed E-state index contributed by atoms with van der Waals surface area (Å²) in [7, 11) is 0. The number of hydrogen-bond acceptors (Lipinski definition) is 3. The highest BCUT2D eigenvalue weighted by Gasteiger charge is 2.14. The molecule has 0 bridgehead atoms. The van der Waals surface area contributed by atoms with Gasteiger partial charge in [0.2, 0.25) is 0 Å². The smallest absolute Gasteiger partial charge is 0.191 e. The van der Waals surface area contributed by atoms with Gasteiger partial charge in [0.25, 0.3) is 0 Å². The maximum atomic E-state index is 4.36. The summed E-state index contributed by atoms with van der Waals surface area (Å²) in [6.45, 7) is 9.00. The second-order valence-corrected chi connectivity index (χ2v) is 6.20. The zero-order chi connectivity index (χ0) is 14.4. The Kier molecular flexibility index (Phi) is 5.41. The van der Waals surface area contributed by atoms with Crippen molar-refractivity contribution in [2.45, 2.75) is 43.6 Å². The van der Waals surface area contributed by atoms with Crippen molar-refractivity contribution in [2.75, 3.05) is 0 Å². The standard InChI is InChI=1S/C16H21N3S/c1-4-11-19-15(12-14-9-7-6-8-10-14)17-18-16(19)20-13(3)5-2/h4,6-10,13H,1,5,11-12H2,2-3H3. The van der Waals surface area contributed by atoms with Crippen LogP contribution in [0.3, 0.4) is 0 Å². The van der Waals surface area contributed by atoms with Gasteiger partial charge in [-0.05, 0) is 12.0 Å². The fraction of sp³-hybridized carbons (Fsp3) is 0.375. The van der Waals surface area contributed by atoms with Gasteiger partial charge >= 0.3 is 0 Å². The van der Waals surface area contributed by atoms with Crippen LogP contribution in [0.4, 0.5) is 0 Å². The van der Waals surface area contributed by atoms with Crippen LogP contribution in [0.5, 0.6) is 0 Å². The topological polar surface area (TPSA) is 30.7 Å². The molecule has 106 valence electrons. The number of hydrogen-bond donors (Lipinski definition) is 0. The van der Waals surface area contributed by atoms with Gasteiger partial charge in [-0.25, -0.2) is 0 Å². The van der Waals surface area contributed by atoms with Crippen molar-refractivity contribution >= 4 is 11.8 Å². The molecule has 1 aromatic heterocycles. The van der Waals surface area contributed by atoms with Crippen molar-refractivity contribution in [3.63, 3.8) is 0 Å². The third kappa shape index (κ3) is 3.73. The van der Waals surface area contributed by atoms with Crippen LogP contribution in [-0.2, 0) is 13.0 Å². The molecule has 0 aliphatic heterocycles. The van der Waals surface area contributed by atoms with Crippen LogP contribution < -0.4 is 0 Å². The Bertz CT molecular complexity index is 548. The highest BCUT2D eigenvalue weighted by atomic mass is 32.2. The first-order valence-corrected chi connectivity index (χ1v) is 7.86. The molecule has 20 heavy (non-hydrogen) atoms. The first-order chi connectivity index (χ1) is 9.74. The predicted molar refractivity (Wildman–Crippen MR) is 85.1 cm³/mol. The van der Waals surface area contributed by atoms with Crippen LogP contribution in [0.1, 0.15) is 31.7 Å². The summed E-state index contributed by atoms with van der Waals surface area (Å²) in [5, 5.41) is 10.2. The van der Waals surface area contributed by atoms with Gasteiger partial charge < -0.3 is 4.57 Å². The van der Waals surface area contributed by atoms with Crippen LogP contribution >= 0.6 is 11.8 Å². The van der Waals surface area contributed by atoms with Gasteiger partial charge in [0.05, 0.1) is 0 Å². The van der Waals surface area contributed by atoms with Gasteiger partial charge in [-0.15, -0.1) is 16.8 Å². The van der Waals surface area contributed by atoms with E-state index in [4.69, 9.17) is 0 Å². The number of benzene rings is 1. The number of thioether (sulfide) groups is 1. The van der Waals surface area contributed by atoms with Crippen molar-refractivity contribution in [1.82, 2.24) is 14.8 Å². The van der Waals surface area contributed by atoms with Gasteiger partial charge in [0.1, 0.15) is 5.82 Å². The summed E-state index contributed by atoms with van der Waals surface area (Å²) < 4.78 is 2.16. The zero-order valence-corrected chi connectivity index (χ0v) is 12.9. The van der Waals surface area contributed by atoms with Crippen LogP contribution in [0.15, 0.2) is 48.1 Å². The van der Waals surface area contributed by atoms with Crippen LogP contribution in [0.25, 0.3) is 0 Å². The maximum Gasteiger partial charge on any atom is 0.191 e. The molecule has 1 heterocycles. The lowest BCUT2D eigenvalue weighted by atomic mass is 10.1. The summed E-state index contributed by atoms with van der Waals surface area (Å²) in [4.78, 5) is 0. The number of nitrogens with zero attached hydrogens (tertiary/aromatic N) is 3. The molecule has 0 N–H and O–H groups in total. The summed E-state index contributed by atoms with van der Waals surface area (Å²) in [5.74, 6) is 1.00. The van der Waals surface area contributed by atoms with Gasteiger partial charge in [0.15, 0.2) is 5.16 Å². The van der Waals surface area contributed by atoms with Crippen LogP contribution in [0, 0.1) is 0 Å². The third-order valence-corrected chi connectivity index (χ3v) is 4.44. The molecule has 0 aliphatic rings. The molecule has 0 aliphatic carbocycles. The average Bonchev–Trinajstić information content (AvgIpc) is 2.83.